The SMILES string of the molecule is CCCCCCCCCCCC(=O)OC[C@@H](COC(=O)CCCCCCCCCCCCCCCCCC(C)C)OC(=O)CCCCCCCCCCCCCCCCCC(C)C. The highest BCUT2D eigenvalue weighted by Crippen LogP contribution is 2.18. The van der Waals surface area contributed by atoms with Gasteiger partial charge in [-0.05, 0) is 31.1 Å². The summed E-state index contributed by atoms with van der Waals surface area (Å²) in [6, 6.07) is 0. The molecule has 0 bridgehead atoms. The highest BCUT2D eigenvalue weighted by Gasteiger charge is 2.19. The van der Waals surface area contributed by atoms with Gasteiger partial charge in [0.1, 0.15) is 13.2 Å². The third-order valence-electron chi connectivity index (χ3n) is 13.0. The van der Waals surface area contributed by atoms with E-state index in [0.717, 1.165) is 69.6 Å². The Kier molecular flexibility index (Phi) is 48.6. The zero-order chi connectivity index (χ0) is 46.1. The number of esters is 3. The van der Waals surface area contributed by atoms with Gasteiger partial charge in [0, 0.05) is 19.3 Å². The highest BCUT2D eigenvalue weighted by atomic mass is 16.6. The van der Waals surface area contributed by atoms with Crippen molar-refractivity contribution in [2.24, 2.45) is 11.8 Å². The minimum absolute atomic E-state index is 0.0629. The normalized spacial score (nSPS) is 12.0. The molecule has 0 N–H and O–H groups in total. The smallest absolute Gasteiger partial charge is 0.306 e. The Balaban J connectivity index is 4.22. The first-order valence-corrected chi connectivity index (χ1v) is 28.2. The second kappa shape index (κ2) is 49.8. The lowest BCUT2D eigenvalue weighted by Gasteiger charge is -2.18. The van der Waals surface area contributed by atoms with Crippen LogP contribution in [0.5, 0.6) is 0 Å². The first kappa shape index (κ1) is 61.4. The number of rotatable bonds is 51. The van der Waals surface area contributed by atoms with E-state index in [4.69, 9.17) is 14.2 Å². The van der Waals surface area contributed by atoms with Gasteiger partial charge in [-0.2, -0.15) is 0 Å². The van der Waals surface area contributed by atoms with Crippen molar-refractivity contribution in [1.82, 2.24) is 0 Å². The lowest BCUT2D eigenvalue weighted by Crippen LogP contribution is -2.30. The number of carbonyl (C=O) groups is 3. The molecule has 0 spiro atoms. The van der Waals surface area contributed by atoms with Crippen molar-refractivity contribution >= 4 is 17.9 Å². The summed E-state index contributed by atoms with van der Waals surface area (Å²) in [7, 11) is 0. The zero-order valence-electron chi connectivity index (χ0n) is 43.2. The van der Waals surface area contributed by atoms with Crippen LogP contribution in [-0.4, -0.2) is 37.2 Å². The van der Waals surface area contributed by atoms with Gasteiger partial charge in [0.2, 0.25) is 0 Å². The molecule has 0 aliphatic rings. The maximum atomic E-state index is 12.8. The fourth-order valence-electron chi connectivity index (χ4n) is 8.70. The van der Waals surface area contributed by atoms with E-state index < -0.39 is 6.10 Å². The van der Waals surface area contributed by atoms with Crippen molar-refractivity contribution in [3.63, 3.8) is 0 Å². The largest absolute Gasteiger partial charge is 0.462 e. The summed E-state index contributed by atoms with van der Waals surface area (Å²) in [6.45, 7) is 11.4. The van der Waals surface area contributed by atoms with E-state index in [9.17, 15) is 14.4 Å². The molecule has 0 radical (unpaired) electrons. The highest BCUT2D eigenvalue weighted by molar-refractivity contribution is 5.71. The van der Waals surface area contributed by atoms with E-state index in [-0.39, 0.29) is 31.1 Å². The van der Waals surface area contributed by atoms with Crippen molar-refractivity contribution in [3.8, 4) is 0 Å². The molecule has 6 nitrogen and oxygen atoms in total. The first-order chi connectivity index (χ1) is 30.7. The third-order valence-corrected chi connectivity index (χ3v) is 13.0. The molecule has 0 aliphatic heterocycles. The number of ether oxygens (including phenoxy) is 3. The van der Waals surface area contributed by atoms with Gasteiger partial charge in [0.15, 0.2) is 6.10 Å². The van der Waals surface area contributed by atoms with Gasteiger partial charge in [-0.15, -0.1) is 0 Å². The summed E-state index contributed by atoms with van der Waals surface area (Å²) in [5.74, 6) is 0.854. The minimum atomic E-state index is -0.761. The monoisotopic (exact) mass is 891 g/mol. The molecule has 0 fully saturated rings. The van der Waals surface area contributed by atoms with Gasteiger partial charge < -0.3 is 14.2 Å². The maximum Gasteiger partial charge on any atom is 0.306 e. The van der Waals surface area contributed by atoms with Crippen LogP contribution in [0.1, 0.15) is 317 Å². The molecule has 0 aromatic carbocycles. The molecule has 0 amide bonds. The molecule has 63 heavy (non-hydrogen) atoms. The Morgan fingerprint density at radius 1 is 0.302 bits per heavy atom. The summed E-state index contributed by atoms with van der Waals surface area (Å²) in [5.41, 5.74) is 0. The Labute approximate surface area is 393 Å². The van der Waals surface area contributed by atoms with E-state index in [0.29, 0.717) is 19.3 Å². The number of unbranched alkanes of at least 4 members (excludes halogenated alkanes) is 36. The van der Waals surface area contributed by atoms with Gasteiger partial charge in [0.25, 0.3) is 0 Å². The molecule has 0 aliphatic carbocycles. The van der Waals surface area contributed by atoms with E-state index in [1.54, 1.807) is 0 Å². The Morgan fingerprint density at radius 2 is 0.524 bits per heavy atom. The summed E-state index contributed by atoms with van der Waals surface area (Å²) in [5, 5.41) is 0. The van der Waals surface area contributed by atoms with Crippen LogP contribution in [0.15, 0.2) is 0 Å². The van der Waals surface area contributed by atoms with Crippen LogP contribution in [0.25, 0.3) is 0 Å². The van der Waals surface area contributed by atoms with Crippen molar-refractivity contribution in [2.75, 3.05) is 13.2 Å². The van der Waals surface area contributed by atoms with Gasteiger partial charge >= 0.3 is 17.9 Å². The lowest BCUT2D eigenvalue weighted by molar-refractivity contribution is -0.167. The van der Waals surface area contributed by atoms with Gasteiger partial charge in [-0.1, -0.05) is 279 Å². The van der Waals surface area contributed by atoms with Crippen LogP contribution in [-0.2, 0) is 28.6 Å². The fraction of sp³-hybridized carbons (Fsp3) is 0.947. The standard InChI is InChI=1S/C57H110O6/c1-6-7-8-9-10-25-32-37-42-47-55(58)61-50-54(63-57(60)49-44-39-34-29-24-20-16-12-14-18-22-27-31-36-41-46-53(4)5)51-62-56(59)48-43-38-33-28-23-19-15-11-13-17-21-26-30-35-40-45-52(2)3/h52-54H,6-51H2,1-5H3/t54-/m0/s1. The van der Waals surface area contributed by atoms with E-state index in [2.05, 4.69) is 34.6 Å². The molecule has 0 aromatic heterocycles. The molecule has 0 aromatic rings. The average Bonchev–Trinajstić information content (AvgIpc) is 3.25. The van der Waals surface area contributed by atoms with E-state index in [1.165, 1.54) is 205 Å². The van der Waals surface area contributed by atoms with Gasteiger partial charge in [0.05, 0.1) is 0 Å². The second-order valence-corrected chi connectivity index (χ2v) is 20.5. The zero-order valence-corrected chi connectivity index (χ0v) is 43.2. The maximum absolute atomic E-state index is 12.8. The molecule has 6 heteroatoms. The predicted octanol–water partition coefficient (Wildman–Crippen LogP) is 18.5. The molecule has 374 valence electrons. The summed E-state index contributed by atoms with van der Waals surface area (Å²) >= 11 is 0. The summed E-state index contributed by atoms with van der Waals surface area (Å²) < 4.78 is 16.8. The molecule has 1 atom stereocenters. The molecular weight excluding hydrogens is 781 g/mol. The van der Waals surface area contributed by atoms with Crippen molar-refractivity contribution in [2.45, 2.75) is 323 Å². The van der Waals surface area contributed by atoms with Crippen LogP contribution in [0.4, 0.5) is 0 Å². The number of carbonyl (C=O) groups excluding carboxylic acids is 3. The summed E-state index contributed by atoms with van der Waals surface area (Å²) in [6.07, 6.45) is 52.4. The lowest BCUT2D eigenvalue weighted by atomic mass is 10.0. The van der Waals surface area contributed by atoms with Crippen molar-refractivity contribution in [3.05, 3.63) is 0 Å². The topological polar surface area (TPSA) is 78.9 Å². The van der Waals surface area contributed by atoms with Crippen LogP contribution in [0.2, 0.25) is 0 Å². The molecular formula is C57H110O6. The van der Waals surface area contributed by atoms with E-state index in [1.807, 2.05) is 0 Å². The molecule has 0 heterocycles. The number of hydrogen-bond acceptors (Lipinski definition) is 6. The predicted molar refractivity (Wildman–Crippen MR) is 270 cm³/mol. The molecule has 0 saturated carbocycles. The minimum Gasteiger partial charge on any atom is -0.462 e. The van der Waals surface area contributed by atoms with Crippen molar-refractivity contribution < 1.29 is 28.6 Å². The fourth-order valence-corrected chi connectivity index (χ4v) is 8.70. The van der Waals surface area contributed by atoms with Gasteiger partial charge in [-0.3, -0.25) is 14.4 Å². The Bertz CT molecular complexity index is 962. The van der Waals surface area contributed by atoms with Crippen LogP contribution in [0.3, 0.4) is 0 Å². The van der Waals surface area contributed by atoms with Gasteiger partial charge in [-0.25, -0.2) is 0 Å². The molecule has 0 rings (SSSR count). The molecule has 0 unspecified atom stereocenters. The second-order valence-electron chi connectivity index (χ2n) is 20.5. The number of hydrogen-bond donors (Lipinski definition) is 0. The van der Waals surface area contributed by atoms with E-state index >= 15 is 0 Å². The first-order valence-electron chi connectivity index (χ1n) is 28.2. The molecule has 0 saturated heterocycles. The Morgan fingerprint density at radius 3 is 0.778 bits per heavy atom. The van der Waals surface area contributed by atoms with Crippen LogP contribution >= 0.6 is 0 Å². The third kappa shape index (κ3) is 51.3. The summed E-state index contributed by atoms with van der Waals surface area (Å²) in [4.78, 5) is 38.0. The quantitative estimate of drug-likeness (QED) is 0.0344. The Hall–Kier alpha value is -1.59. The van der Waals surface area contributed by atoms with Crippen molar-refractivity contribution in [1.29, 1.82) is 0 Å². The average molecular weight is 892 g/mol. The van der Waals surface area contributed by atoms with Crippen LogP contribution < -0.4 is 0 Å². The van der Waals surface area contributed by atoms with Crippen LogP contribution in [0, 0.1) is 11.8 Å².